The zero-order chi connectivity index (χ0) is 9.97. The summed E-state index contributed by atoms with van der Waals surface area (Å²) >= 11 is 0. The van der Waals surface area contributed by atoms with Crippen LogP contribution in [0.3, 0.4) is 0 Å². The van der Waals surface area contributed by atoms with Crippen LogP contribution in [0.5, 0.6) is 0 Å². The molecule has 2 rings (SSSR count). The largest absolute Gasteiger partial charge is 0.456 e. The average Bonchev–Trinajstić information content (AvgIpc) is 2.56. The van der Waals surface area contributed by atoms with Gasteiger partial charge in [0.25, 0.3) is 0 Å². The Kier molecular flexibility index (Phi) is 2.82. The van der Waals surface area contributed by atoms with Gasteiger partial charge in [0.15, 0.2) is 0 Å². The smallest absolute Gasteiger partial charge is 0.126 e. The number of hydrogen-bond donors (Lipinski definition) is 0. The first-order valence-corrected chi connectivity index (χ1v) is 5.08. The van der Waals surface area contributed by atoms with Gasteiger partial charge in [0.05, 0.1) is 0 Å². The first kappa shape index (κ1) is 9.66. The van der Waals surface area contributed by atoms with Crippen LogP contribution in [0, 0.1) is 12.9 Å². The van der Waals surface area contributed by atoms with E-state index in [9.17, 15) is 4.39 Å². The van der Waals surface area contributed by atoms with Crippen molar-refractivity contribution in [1.29, 1.82) is 0 Å². The molecule has 1 nitrogen and oxygen atoms in total. The second kappa shape index (κ2) is 4.09. The maximum Gasteiger partial charge on any atom is 0.126 e. The first-order chi connectivity index (χ1) is 6.77. The van der Waals surface area contributed by atoms with E-state index < -0.39 is 0 Å². The lowest BCUT2D eigenvalue weighted by atomic mass is 10.0. The number of hydrogen-bond acceptors (Lipinski definition) is 1. The molecule has 1 unspecified atom stereocenters. The van der Waals surface area contributed by atoms with Gasteiger partial charge in [0.1, 0.15) is 5.82 Å². The third-order valence-corrected chi connectivity index (χ3v) is 2.91. The van der Waals surface area contributed by atoms with E-state index in [1.165, 1.54) is 12.5 Å². The molecule has 0 amide bonds. The molecule has 0 saturated carbocycles. The van der Waals surface area contributed by atoms with E-state index in [0.717, 1.165) is 24.9 Å². The van der Waals surface area contributed by atoms with Crippen molar-refractivity contribution in [2.45, 2.75) is 25.3 Å². The van der Waals surface area contributed by atoms with E-state index in [-0.39, 0.29) is 5.82 Å². The fourth-order valence-electron chi connectivity index (χ4n) is 2.04. The molecule has 1 aliphatic rings. The summed E-state index contributed by atoms with van der Waals surface area (Å²) < 4.78 is 13.3. The first-order valence-electron chi connectivity index (χ1n) is 5.08. The highest BCUT2D eigenvalue weighted by Gasteiger charge is 2.17. The number of rotatable bonds is 2. The van der Waals surface area contributed by atoms with Gasteiger partial charge in [-0.1, -0.05) is 18.2 Å². The molecule has 1 fully saturated rings. The third-order valence-electron chi connectivity index (χ3n) is 2.91. The van der Waals surface area contributed by atoms with Crippen molar-refractivity contribution in [3.8, 4) is 0 Å². The molecule has 1 aromatic rings. The predicted octanol–water partition coefficient (Wildman–Crippen LogP) is 2.62. The summed E-state index contributed by atoms with van der Waals surface area (Å²) in [4.78, 5) is 2.08. The minimum atomic E-state index is -0.0900. The average molecular weight is 192 g/mol. The van der Waals surface area contributed by atoms with Crippen molar-refractivity contribution in [2.75, 3.05) is 6.54 Å². The van der Waals surface area contributed by atoms with Crippen LogP contribution >= 0.6 is 0 Å². The quantitative estimate of drug-likeness (QED) is 0.651. The van der Waals surface area contributed by atoms with E-state index in [0.29, 0.717) is 6.04 Å². The molecule has 0 aliphatic carbocycles. The van der Waals surface area contributed by atoms with Crippen LogP contribution in [0.1, 0.15) is 18.4 Å². The van der Waals surface area contributed by atoms with Gasteiger partial charge in [0.2, 0.25) is 0 Å². The van der Waals surface area contributed by atoms with E-state index in [2.05, 4.69) is 11.9 Å². The van der Waals surface area contributed by atoms with Gasteiger partial charge in [-0.15, -0.1) is 0 Å². The molecule has 1 heterocycles. The van der Waals surface area contributed by atoms with Crippen molar-refractivity contribution >= 4 is 0 Å². The van der Waals surface area contributed by atoms with Crippen molar-refractivity contribution < 1.29 is 4.39 Å². The van der Waals surface area contributed by atoms with Gasteiger partial charge in [-0.05, 0) is 43.5 Å². The Morgan fingerprint density at radius 1 is 1.43 bits per heavy atom. The Morgan fingerprint density at radius 3 is 2.86 bits per heavy atom. The zero-order valence-corrected chi connectivity index (χ0v) is 8.25. The maximum atomic E-state index is 13.3. The Morgan fingerprint density at radius 2 is 2.21 bits per heavy atom. The van der Waals surface area contributed by atoms with Gasteiger partial charge in [-0.2, -0.15) is 0 Å². The third kappa shape index (κ3) is 1.95. The Hall–Kier alpha value is -0.890. The molecular weight excluding hydrogens is 177 g/mol. The minimum Gasteiger partial charge on any atom is -0.456 e. The molecule has 0 radical (unpaired) electrons. The van der Waals surface area contributed by atoms with Crippen molar-refractivity contribution in [3.05, 3.63) is 42.7 Å². The standard InChI is InChI=1S/C12H15FN/c1-14-8-4-6-11(14)9-10-5-2-3-7-12(10)13/h2-3,5,7,11H,1,4,6,8-9H2/q-1. The highest BCUT2D eigenvalue weighted by atomic mass is 19.1. The number of likely N-dealkylation sites (tertiary alicyclic amines) is 1. The summed E-state index contributed by atoms with van der Waals surface area (Å²) in [5, 5.41) is 0. The highest BCUT2D eigenvalue weighted by molar-refractivity contribution is 5.18. The van der Waals surface area contributed by atoms with Crippen LogP contribution in [-0.2, 0) is 6.42 Å². The minimum absolute atomic E-state index is 0.0900. The van der Waals surface area contributed by atoms with Crippen molar-refractivity contribution in [1.82, 2.24) is 4.90 Å². The molecule has 1 saturated heterocycles. The van der Waals surface area contributed by atoms with Crippen LogP contribution in [0.4, 0.5) is 4.39 Å². The maximum absolute atomic E-state index is 13.3. The summed E-state index contributed by atoms with van der Waals surface area (Å²) in [5.74, 6) is -0.0900. The number of benzene rings is 1. The van der Waals surface area contributed by atoms with E-state index in [1.807, 2.05) is 12.1 Å². The van der Waals surface area contributed by atoms with E-state index in [4.69, 9.17) is 0 Å². The van der Waals surface area contributed by atoms with Gasteiger partial charge in [0, 0.05) is 0 Å². The lowest BCUT2D eigenvalue weighted by molar-refractivity contribution is 0.339. The van der Waals surface area contributed by atoms with Gasteiger partial charge >= 0.3 is 0 Å². The second-order valence-electron chi connectivity index (χ2n) is 3.90. The van der Waals surface area contributed by atoms with Gasteiger partial charge < -0.3 is 4.90 Å². The summed E-state index contributed by atoms with van der Waals surface area (Å²) in [6.45, 7) is 1.04. The van der Waals surface area contributed by atoms with Crippen LogP contribution in [0.15, 0.2) is 24.3 Å². The Balaban J connectivity index is 2.07. The van der Waals surface area contributed by atoms with Crippen LogP contribution in [0.25, 0.3) is 0 Å². The lowest BCUT2D eigenvalue weighted by Gasteiger charge is -2.27. The molecule has 1 aliphatic heterocycles. The van der Waals surface area contributed by atoms with Crippen LogP contribution in [0.2, 0.25) is 0 Å². The second-order valence-corrected chi connectivity index (χ2v) is 3.90. The van der Waals surface area contributed by atoms with Crippen LogP contribution in [-0.4, -0.2) is 17.5 Å². The van der Waals surface area contributed by atoms with E-state index in [1.54, 1.807) is 6.07 Å². The molecule has 0 aromatic heterocycles. The van der Waals surface area contributed by atoms with Crippen molar-refractivity contribution in [2.24, 2.45) is 0 Å². The molecule has 76 valence electrons. The van der Waals surface area contributed by atoms with Crippen LogP contribution < -0.4 is 0 Å². The molecule has 0 N–H and O–H groups in total. The van der Waals surface area contributed by atoms with Gasteiger partial charge in [-0.3, -0.25) is 7.05 Å². The molecule has 14 heavy (non-hydrogen) atoms. The highest BCUT2D eigenvalue weighted by Crippen LogP contribution is 2.20. The molecule has 2 heteroatoms. The summed E-state index contributed by atoms with van der Waals surface area (Å²) in [7, 11) is 3.96. The zero-order valence-electron chi connectivity index (χ0n) is 8.25. The van der Waals surface area contributed by atoms with Crippen molar-refractivity contribution in [3.63, 3.8) is 0 Å². The van der Waals surface area contributed by atoms with E-state index >= 15 is 0 Å². The Labute approximate surface area is 84.5 Å². The number of nitrogens with zero attached hydrogens (tertiary/aromatic N) is 1. The number of halogens is 1. The molecule has 1 atom stereocenters. The topological polar surface area (TPSA) is 3.24 Å². The monoisotopic (exact) mass is 192 g/mol. The Bertz CT molecular complexity index is 311. The molecular formula is C12H15FN-. The predicted molar refractivity (Wildman–Crippen MR) is 55.2 cm³/mol. The van der Waals surface area contributed by atoms with Gasteiger partial charge in [-0.25, -0.2) is 4.39 Å². The molecule has 0 spiro atoms. The molecule has 0 bridgehead atoms. The normalized spacial score (nSPS) is 22.9. The fourth-order valence-corrected chi connectivity index (χ4v) is 2.04. The molecule has 1 aromatic carbocycles. The lowest BCUT2D eigenvalue weighted by Crippen LogP contribution is -2.25. The summed E-state index contributed by atoms with van der Waals surface area (Å²) in [6, 6.07) is 7.43. The SMILES string of the molecule is [CH2-]N1CCCC1Cc1ccccc1F. The fraction of sp³-hybridized carbons (Fsp3) is 0.417. The summed E-state index contributed by atoms with van der Waals surface area (Å²) in [6.07, 6.45) is 3.11. The summed E-state index contributed by atoms with van der Waals surface area (Å²) in [5.41, 5.74) is 0.813.